The first-order valence-electron chi connectivity index (χ1n) is 4.71. The van der Waals surface area contributed by atoms with Crippen LogP contribution in [-0.4, -0.2) is 34.7 Å². The molecule has 1 amide bonds. The molecular formula is C9H15NO4. The van der Waals surface area contributed by atoms with Crippen LogP contribution in [0.2, 0.25) is 0 Å². The number of carboxylic acids is 1. The lowest BCUT2D eigenvalue weighted by Crippen LogP contribution is -2.28. The minimum absolute atomic E-state index is 0.210. The minimum atomic E-state index is -0.902. The third-order valence-electron chi connectivity index (χ3n) is 2.31. The van der Waals surface area contributed by atoms with E-state index in [0.29, 0.717) is 19.4 Å². The fraction of sp³-hybridized carbons (Fsp3) is 0.778. The van der Waals surface area contributed by atoms with Crippen molar-refractivity contribution in [1.29, 1.82) is 0 Å². The van der Waals surface area contributed by atoms with Crippen LogP contribution >= 0.6 is 0 Å². The van der Waals surface area contributed by atoms with Gasteiger partial charge in [-0.2, -0.15) is 0 Å². The summed E-state index contributed by atoms with van der Waals surface area (Å²) in [6, 6.07) is 0. The lowest BCUT2D eigenvalue weighted by Gasteiger charge is -2.05. The van der Waals surface area contributed by atoms with Crippen LogP contribution < -0.4 is 5.32 Å². The maximum absolute atomic E-state index is 11.2. The van der Waals surface area contributed by atoms with E-state index in [-0.39, 0.29) is 11.8 Å². The number of aliphatic carboxylic acids is 1. The largest absolute Gasteiger partial charge is 0.481 e. The van der Waals surface area contributed by atoms with E-state index in [1.54, 1.807) is 6.92 Å². The molecule has 3 atom stereocenters. The monoisotopic (exact) mass is 201 g/mol. The summed E-state index contributed by atoms with van der Waals surface area (Å²) in [6.07, 6.45) is 0.497. The Morgan fingerprint density at radius 3 is 2.57 bits per heavy atom. The van der Waals surface area contributed by atoms with Gasteiger partial charge in [0.05, 0.1) is 17.9 Å². The summed E-state index contributed by atoms with van der Waals surface area (Å²) in [6.45, 7) is 2.04. The highest BCUT2D eigenvalue weighted by atomic mass is 16.4. The second-order valence-electron chi connectivity index (χ2n) is 3.72. The zero-order valence-corrected chi connectivity index (χ0v) is 8.06. The summed E-state index contributed by atoms with van der Waals surface area (Å²) in [5, 5.41) is 20.1. The second-order valence-corrected chi connectivity index (χ2v) is 3.72. The number of hydrogen-bond donors (Lipinski definition) is 3. The smallest absolute Gasteiger partial charge is 0.307 e. The van der Waals surface area contributed by atoms with Crippen molar-refractivity contribution in [3.05, 3.63) is 0 Å². The van der Waals surface area contributed by atoms with E-state index >= 15 is 0 Å². The van der Waals surface area contributed by atoms with E-state index in [2.05, 4.69) is 5.32 Å². The van der Waals surface area contributed by atoms with Crippen LogP contribution in [0.3, 0.4) is 0 Å². The number of carbonyl (C=O) groups is 2. The Labute approximate surface area is 82.1 Å². The molecule has 1 aliphatic rings. The van der Waals surface area contributed by atoms with Crippen LogP contribution in [-0.2, 0) is 9.59 Å². The summed E-state index contributed by atoms with van der Waals surface area (Å²) in [4.78, 5) is 21.7. The molecule has 0 spiro atoms. The molecule has 0 radical (unpaired) electrons. The average molecular weight is 201 g/mol. The van der Waals surface area contributed by atoms with E-state index in [1.165, 1.54) is 0 Å². The van der Waals surface area contributed by atoms with Gasteiger partial charge in [0.25, 0.3) is 0 Å². The number of carboxylic acid groups (broad SMARTS) is 1. The fourth-order valence-electron chi connectivity index (χ4n) is 1.29. The van der Waals surface area contributed by atoms with Gasteiger partial charge in [-0.15, -0.1) is 0 Å². The highest BCUT2D eigenvalue weighted by molar-refractivity contribution is 5.89. The Hall–Kier alpha value is -1.10. The van der Waals surface area contributed by atoms with Crippen LogP contribution in [0.15, 0.2) is 0 Å². The molecule has 0 bridgehead atoms. The molecule has 1 fully saturated rings. The first-order valence-corrected chi connectivity index (χ1v) is 4.71. The summed E-state index contributed by atoms with van der Waals surface area (Å²) >= 11 is 0. The first-order chi connectivity index (χ1) is 6.52. The molecule has 5 nitrogen and oxygen atoms in total. The number of carbonyl (C=O) groups excluding carboxylic acids is 1. The standard InChI is InChI=1S/C9H15NO4/c1-5(11)2-3-10-8(12)6-4-7(6)9(13)14/h5-7,11H,2-4H2,1H3,(H,10,12)(H,13,14). The zero-order chi connectivity index (χ0) is 10.7. The predicted molar refractivity (Wildman–Crippen MR) is 48.5 cm³/mol. The molecule has 0 aromatic heterocycles. The summed E-state index contributed by atoms with van der Waals surface area (Å²) in [5.41, 5.74) is 0. The van der Waals surface area contributed by atoms with Gasteiger partial charge in [-0.05, 0) is 19.8 Å². The number of hydrogen-bond acceptors (Lipinski definition) is 3. The molecule has 0 aromatic carbocycles. The molecule has 0 heterocycles. The second kappa shape index (κ2) is 4.41. The number of aliphatic hydroxyl groups is 1. The minimum Gasteiger partial charge on any atom is -0.481 e. The van der Waals surface area contributed by atoms with E-state index in [9.17, 15) is 9.59 Å². The number of nitrogens with one attached hydrogen (secondary N) is 1. The zero-order valence-electron chi connectivity index (χ0n) is 8.06. The maximum atomic E-state index is 11.2. The lowest BCUT2D eigenvalue weighted by molar-refractivity contribution is -0.140. The molecule has 0 aliphatic heterocycles. The molecule has 0 saturated heterocycles. The van der Waals surface area contributed by atoms with E-state index in [0.717, 1.165) is 0 Å². The number of rotatable bonds is 5. The van der Waals surface area contributed by atoms with Crippen molar-refractivity contribution in [3.8, 4) is 0 Å². The van der Waals surface area contributed by atoms with E-state index in [1.807, 2.05) is 0 Å². The van der Waals surface area contributed by atoms with Crippen LogP contribution in [0.1, 0.15) is 19.8 Å². The van der Waals surface area contributed by atoms with Crippen LogP contribution in [0.25, 0.3) is 0 Å². The summed E-state index contributed by atoms with van der Waals surface area (Å²) in [7, 11) is 0. The topological polar surface area (TPSA) is 86.6 Å². The summed E-state index contributed by atoms with van der Waals surface area (Å²) in [5.74, 6) is -1.97. The van der Waals surface area contributed by atoms with Crippen LogP contribution in [0.4, 0.5) is 0 Å². The van der Waals surface area contributed by atoms with Crippen LogP contribution in [0.5, 0.6) is 0 Å². The van der Waals surface area contributed by atoms with Crippen molar-refractivity contribution in [2.75, 3.05) is 6.54 Å². The highest BCUT2D eigenvalue weighted by Gasteiger charge is 2.48. The first kappa shape index (κ1) is 11.0. The van der Waals surface area contributed by atoms with Crippen molar-refractivity contribution >= 4 is 11.9 Å². The van der Waals surface area contributed by atoms with Gasteiger partial charge in [0.15, 0.2) is 0 Å². The third-order valence-corrected chi connectivity index (χ3v) is 2.31. The molecule has 14 heavy (non-hydrogen) atoms. The van der Waals surface area contributed by atoms with Crippen molar-refractivity contribution in [1.82, 2.24) is 5.32 Å². The van der Waals surface area contributed by atoms with Gasteiger partial charge >= 0.3 is 5.97 Å². The van der Waals surface area contributed by atoms with Crippen molar-refractivity contribution < 1.29 is 19.8 Å². The van der Waals surface area contributed by atoms with E-state index < -0.39 is 18.0 Å². The average Bonchev–Trinajstić information content (AvgIpc) is 2.81. The fourth-order valence-corrected chi connectivity index (χ4v) is 1.29. The maximum Gasteiger partial charge on any atom is 0.307 e. The lowest BCUT2D eigenvalue weighted by atomic mass is 10.2. The molecule has 1 rings (SSSR count). The molecule has 0 aromatic rings. The highest BCUT2D eigenvalue weighted by Crippen LogP contribution is 2.38. The van der Waals surface area contributed by atoms with Crippen molar-refractivity contribution in [2.45, 2.75) is 25.9 Å². The predicted octanol–water partition coefficient (Wildman–Crippen LogP) is -0.406. The molecule has 3 N–H and O–H groups in total. The van der Waals surface area contributed by atoms with Gasteiger partial charge in [0.1, 0.15) is 0 Å². The Morgan fingerprint density at radius 1 is 1.50 bits per heavy atom. The molecule has 1 aliphatic carbocycles. The van der Waals surface area contributed by atoms with Gasteiger partial charge in [0.2, 0.25) is 5.91 Å². The SMILES string of the molecule is CC(O)CCNC(=O)C1CC1C(=O)O. The number of amides is 1. The quantitative estimate of drug-likeness (QED) is 0.564. The van der Waals surface area contributed by atoms with Gasteiger partial charge in [0, 0.05) is 6.54 Å². The summed E-state index contributed by atoms with van der Waals surface area (Å²) < 4.78 is 0. The molecule has 5 heteroatoms. The number of aliphatic hydroxyl groups excluding tert-OH is 1. The molecule has 1 saturated carbocycles. The molecule has 80 valence electrons. The normalized spacial score (nSPS) is 26.7. The van der Waals surface area contributed by atoms with Crippen molar-refractivity contribution in [3.63, 3.8) is 0 Å². The third kappa shape index (κ3) is 2.99. The van der Waals surface area contributed by atoms with Gasteiger partial charge < -0.3 is 15.5 Å². The Morgan fingerprint density at radius 2 is 2.14 bits per heavy atom. The Balaban J connectivity index is 2.15. The molecular weight excluding hydrogens is 186 g/mol. The van der Waals surface area contributed by atoms with Crippen molar-refractivity contribution in [2.24, 2.45) is 11.8 Å². The Bertz CT molecular complexity index is 239. The Kier molecular flexibility index (Phi) is 3.46. The van der Waals surface area contributed by atoms with Gasteiger partial charge in [-0.3, -0.25) is 9.59 Å². The van der Waals surface area contributed by atoms with Gasteiger partial charge in [-0.25, -0.2) is 0 Å². The molecule has 3 unspecified atom stereocenters. The van der Waals surface area contributed by atoms with E-state index in [4.69, 9.17) is 10.2 Å². The van der Waals surface area contributed by atoms with Crippen LogP contribution in [0, 0.1) is 11.8 Å². The van der Waals surface area contributed by atoms with Gasteiger partial charge in [-0.1, -0.05) is 0 Å².